The van der Waals surface area contributed by atoms with Gasteiger partial charge in [-0.15, -0.1) is 10.2 Å². The van der Waals surface area contributed by atoms with Crippen LogP contribution in [0.25, 0.3) is 11.6 Å². The van der Waals surface area contributed by atoms with Gasteiger partial charge in [-0.3, -0.25) is 9.52 Å². The first-order valence-electron chi connectivity index (χ1n) is 9.02. The third kappa shape index (κ3) is 4.18. The number of aromatic amines is 1. The number of nitrogens with zero attached hydrogens (tertiary/aromatic N) is 3. The van der Waals surface area contributed by atoms with Crippen LogP contribution in [0.2, 0.25) is 5.02 Å². The maximum absolute atomic E-state index is 12.6. The van der Waals surface area contributed by atoms with Gasteiger partial charge in [0.25, 0.3) is 15.9 Å². The molecule has 0 atom stereocenters. The van der Waals surface area contributed by atoms with E-state index in [4.69, 9.17) is 20.8 Å². The highest BCUT2D eigenvalue weighted by Crippen LogP contribution is 2.25. The van der Waals surface area contributed by atoms with Gasteiger partial charge in [0.2, 0.25) is 0 Å². The number of carbonyl (C=O) groups is 1. The second-order valence-corrected chi connectivity index (χ2v) is 8.73. The first-order chi connectivity index (χ1) is 14.3. The van der Waals surface area contributed by atoms with Gasteiger partial charge in [-0.2, -0.15) is 0 Å². The highest BCUT2D eigenvalue weighted by atomic mass is 35.5. The molecule has 2 N–H and O–H groups in total. The summed E-state index contributed by atoms with van der Waals surface area (Å²) in [5, 5.41) is 8.07. The van der Waals surface area contributed by atoms with E-state index in [9.17, 15) is 13.2 Å². The molecular weight excluding hydrogens is 434 g/mol. The number of morpholine rings is 1. The molecule has 4 rings (SSSR count). The van der Waals surface area contributed by atoms with Crippen LogP contribution in [0.3, 0.4) is 0 Å². The van der Waals surface area contributed by atoms with E-state index in [1.165, 1.54) is 18.3 Å². The van der Waals surface area contributed by atoms with Gasteiger partial charge in [0.05, 0.1) is 18.9 Å². The molecule has 1 amide bonds. The summed E-state index contributed by atoms with van der Waals surface area (Å²) in [4.78, 5) is 16.7. The molecule has 1 aliphatic heterocycles. The molecule has 0 aliphatic carbocycles. The van der Waals surface area contributed by atoms with Crippen LogP contribution >= 0.6 is 11.6 Å². The molecule has 0 saturated carbocycles. The highest BCUT2D eigenvalue weighted by Gasteiger charge is 2.25. The van der Waals surface area contributed by atoms with Crippen LogP contribution in [0.1, 0.15) is 16.2 Å². The summed E-state index contributed by atoms with van der Waals surface area (Å²) in [6.07, 6.45) is 1.29. The van der Waals surface area contributed by atoms with Crippen LogP contribution in [0.4, 0.5) is 5.69 Å². The van der Waals surface area contributed by atoms with Gasteiger partial charge in [-0.05, 0) is 30.7 Å². The number of halogens is 1. The smallest absolute Gasteiger partial charge is 0.311 e. The van der Waals surface area contributed by atoms with Gasteiger partial charge < -0.3 is 19.0 Å². The molecule has 0 radical (unpaired) electrons. The zero-order valence-corrected chi connectivity index (χ0v) is 17.5. The Kier molecular flexibility index (Phi) is 5.50. The minimum atomic E-state index is -3.88. The normalized spacial score (nSPS) is 14.7. The molecular formula is C18H18ClN5O5S. The van der Waals surface area contributed by atoms with E-state index in [1.54, 1.807) is 17.0 Å². The summed E-state index contributed by atoms with van der Waals surface area (Å²) in [7, 11) is -3.88. The Morgan fingerprint density at radius 1 is 1.23 bits per heavy atom. The van der Waals surface area contributed by atoms with E-state index in [1.807, 2.05) is 6.92 Å². The summed E-state index contributed by atoms with van der Waals surface area (Å²) >= 11 is 6.05. The van der Waals surface area contributed by atoms with Gasteiger partial charge >= 0.3 is 11.8 Å². The zero-order valence-electron chi connectivity index (χ0n) is 15.9. The van der Waals surface area contributed by atoms with Crippen LogP contribution < -0.4 is 4.72 Å². The lowest BCUT2D eigenvalue weighted by atomic mass is 10.2. The third-order valence-corrected chi connectivity index (χ3v) is 6.30. The van der Waals surface area contributed by atoms with Gasteiger partial charge in [-0.25, -0.2) is 8.42 Å². The van der Waals surface area contributed by atoms with E-state index in [2.05, 4.69) is 19.9 Å². The van der Waals surface area contributed by atoms with Crippen molar-refractivity contribution in [3.8, 4) is 11.6 Å². The van der Waals surface area contributed by atoms with E-state index in [-0.39, 0.29) is 22.4 Å². The van der Waals surface area contributed by atoms with Gasteiger partial charge in [-0.1, -0.05) is 17.7 Å². The van der Waals surface area contributed by atoms with Gasteiger partial charge in [0.1, 0.15) is 10.6 Å². The first-order valence-corrected chi connectivity index (χ1v) is 10.9. The number of rotatable bonds is 5. The Labute approximate surface area is 177 Å². The van der Waals surface area contributed by atoms with E-state index >= 15 is 0 Å². The van der Waals surface area contributed by atoms with Crippen molar-refractivity contribution >= 4 is 33.2 Å². The fourth-order valence-corrected chi connectivity index (χ4v) is 4.07. The first kappa shape index (κ1) is 20.4. The SMILES string of the molecule is Cc1ccc(NS(=O)(=O)c2c[nH]c(-c3nnc(C(=O)N4CCOCC4)o3)c2)cc1Cl. The molecule has 2 aromatic heterocycles. The fraction of sp³-hybridized carbons (Fsp3) is 0.278. The molecule has 0 spiro atoms. The van der Waals surface area contributed by atoms with Crippen molar-refractivity contribution in [3.63, 3.8) is 0 Å². The van der Waals surface area contributed by atoms with E-state index in [0.717, 1.165) is 5.56 Å². The maximum Gasteiger partial charge on any atom is 0.311 e. The van der Waals surface area contributed by atoms with Crippen molar-refractivity contribution < 1.29 is 22.4 Å². The number of aryl methyl sites for hydroxylation is 1. The standard InChI is InChI=1S/C18H18ClN5O5S/c1-11-2-3-12(8-14(11)19)23-30(26,27)13-9-15(20-10-13)16-21-22-17(29-16)18(25)24-4-6-28-7-5-24/h2-3,8-10,20,23H,4-7H2,1H3. The molecule has 158 valence electrons. The molecule has 12 heteroatoms. The topological polar surface area (TPSA) is 130 Å². The fourth-order valence-electron chi connectivity index (χ4n) is 2.84. The summed E-state index contributed by atoms with van der Waals surface area (Å²) in [6, 6.07) is 6.21. The molecule has 1 aliphatic rings. The molecule has 0 unspecified atom stereocenters. The lowest BCUT2D eigenvalue weighted by Gasteiger charge is -2.25. The van der Waals surface area contributed by atoms with Crippen molar-refractivity contribution in [3.05, 3.63) is 46.9 Å². The average Bonchev–Trinajstić information content (AvgIpc) is 3.40. The predicted molar refractivity (Wildman–Crippen MR) is 108 cm³/mol. The third-order valence-electron chi connectivity index (χ3n) is 4.53. The lowest BCUT2D eigenvalue weighted by molar-refractivity contribution is 0.0278. The number of aromatic nitrogens is 3. The molecule has 3 aromatic rings. The molecule has 1 fully saturated rings. The Morgan fingerprint density at radius 2 is 2.00 bits per heavy atom. The van der Waals surface area contributed by atoms with Crippen LogP contribution in [0, 0.1) is 6.92 Å². The van der Waals surface area contributed by atoms with Crippen molar-refractivity contribution in [2.24, 2.45) is 0 Å². The van der Waals surface area contributed by atoms with Gasteiger partial charge in [0, 0.05) is 24.3 Å². The number of hydrogen-bond acceptors (Lipinski definition) is 7. The Bertz CT molecular complexity index is 1180. The number of carbonyl (C=O) groups excluding carboxylic acids is 1. The molecule has 1 saturated heterocycles. The summed E-state index contributed by atoms with van der Waals surface area (Å²) in [6.45, 7) is 3.60. The maximum atomic E-state index is 12.6. The summed E-state index contributed by atoms with van der Waals surface area (Å²) < 4.78 is 38.4. The minimum absolute atomic E-state index is 0.00596. The zero-order chi connectivity index (χ0) is 21.3. The quantitative estimate of drug-likeness (QED) is 0.608. The predicted octanol–water partition coefficient (Wildman–Crippen LogP) is 2.30. The van der Waals surface area contributed by atoms with Crippen LogP contribution in [-0.2, 0) is 14.8 Å². The number of hydrogen-bond donors (Lipinski definition) is 2. The molecule has 3 heterocycles. The minimum Gasteiger partial charge on any atom is -0.411 e. The Balaban J connectivity index is 1.51. The number of benzene rings is 1. The van der Waals surface area contributed by atoms with Crippen molar-refractivity contribution in [1.82, 2.24) is 20.1 Å². The number of ether oxygens (including phenoxy) is 1. The largest absolute Gasteiger partial charge is 0.411 e. The van der Waals surface area contributed by atoms with Crippen molar-refractivity contribution in [2.45, 2.75) is 11.8 Å². The second kappa shape index (κ2) is 8.09. The number of anilines is 1. The lowest BCUT2D eigenvalue weighted by Crippen LogP contribution is -2.40. The number of amides is 1. The van der Waals surface area contributed by atoms with E-state index < -0.39 is 15.9 Å². The Hall–Kier alpha value is -2.89. The van der Waals surface area contributed by atoms with E-state index in [0.29, 0.717) is 37.0 Å². The molecule has 10 nitrogen and oxygen atoms in total. The monoisotopic (exact) mass is 451 g/mol. The van der Waals surface area contributed by atoms with Crippen LogP contribution in [0.15, 0.2) is 39.8 Å². The van der Waals surface area contributed by atoms with Crippen LogP contribution in [-0.4, -0.2) is 60.7 Å². The second-order valence-electron chi connectivity index (χ2n) is 6.64. The molecule has 1 aromatic carbocycles. The summed E-state index contributed by atoms with van der Waals surface area (Å²) in [5.74, 6) is -0.556. The molecule has 0 bridgehead atoms. The number of nitrogens with one attached hydrogen (secondary N) is 2. The van der Waals surface area contributed by atoms with Gasteiger partial charge in [0.15, 0.2) is 0 Å². The molecule has 30 heavy (non-hydrogen) atoms. The number of sulfonamides is 1. The highest BCUT2D eigenvalue weighted by molar-refractivity contribution is 7.92. The summed E-state index contributed by atoms with van der Waals surface area (Å²) in [5.41, 5.74) is 1.44. The average molecular weight is 452 g/mol. The van der Waals surface area contributed by atoms with Crippen molar-refractivity contribution in [2.75, 3.05) is 31.0 Å². The number of H-pyrrole nitrogens is 1. The Morgan fingerprint density at radius 3 is 2.73 bits per heavy atom. The van der Waals surface area contributed by atoms with Crippen molar-refractivity contribution in [1.29, 1.82) is 0 Å². The van der Waals surface area contributed by atoms with Crippen LogP contribution in [0.5, 0.6) is 0 Å².